The number of hydrogen-bond donors (Lipinski definition) is 0. The van der Waals surface area contributed by atoms with Crippen molar-refractivity contribution >= 4 is 17.7 Å². The van der Waals surface area contributed by atoms with Gasteiger partial charge in [0.25, 0.3) is 11.2 Å². The molecule has 5 atom stereocenters. The minimum atomic E-state index is -5.32. The Kier molecular flexibility index (Phi) is 12.1. The van der Waals surface area contributed by atoms with Crippen LogP contribution in [0.3, 0.4) is 0 Å². The first-order valence-corrected chi connectivity index (χ1v) is 15.0. The van der Waals surface area contributed by atoms with E-state index in [0.717, 1.165) is 31.4 Å². The zero-order valence-electron chi connectivity index (χ0n) is 27.1. The molecule has 7 nitrogen and oxygen atoms in total. The van der Waals surface area contributed by atoms with E-state index in [-0.39, 0.29) is 29.9 Å². The Morgan fingerprint density at radius 2 is 1.23 bits per heavy atom. The fourth-order valence-electron chi connectivity index (χ4n) is 5.77. The maximum atomic E-state index is 14.7. The molecule has 1 aliphatic rings. The third kappa shape index (κ3) is 7.52. The van der Waals surface area contributed by atoms with Gasteiger partial charge in [-0.25, -0.2) is 9.59 Å². The molecule has 0 radical (unpaired) electrons. The number of methoxy groups -OCH3 is 2. The number of rotatable bonds is 9. The third-order valence-corrected chi connectivity index (χ3v) is 8.60. The smallest absolute Gasteiger partial charge is 0.432 e. The molecule has 0 aliphatic heterocycles. The zero-order valence-corrected chi connectivity index (χ0v) is 27.1. The van der Waals surface area contributed by atoms with Gasteiger partial charge < -0.3 is 18.9 Å². The van der Waals surface area contributed by atoms with Gasteiger partial charge in [0, 0.05) is 31.3 Å². The van der Waals surface area contributed by atoms with Crippen molar-refractivity contribution in [2.45, 2.75) is 75.8 Å². The van der Waals surface area contributed by atoms with E-state index in [0.29, 0.717) is 7.11 Å². The number of carbonyl (C=O) groups excluding carboxylic acids is 3. The van der Waals surface area contributed by atoms with Gasteiger partial charge in [-0.3, -0.25) is 4.79 Å². The Balaban J connectivity index is 2.15. The monoisotopic (exact) mass is 684 g/mol. The van der Waals surface area contributed by atoms with Gasteiger partial charge in [0.1, 0.15) is 12.2 Å². The van der Waals surface area contributed by atoms with Gasteiger partial charge in [0.2, 0.25) is 0 Å². The van der Waals surface area contributed by atoms with Crippen LogP contribution in [0.2, 0.25) is 0 Å². The van der Waals surface area contributed by atoms with Crippen LogP contribution in [0.1, 0.15) is 51.2 Å². The molecule has 0 saturated heterocycles. The largest absolute Gasteiger partial charge is 0.455 e. The number of alkyl halides is 6. The average Bonchev–Trinajstić information content (AvgIpc) is 3.00. The molecule has 2 aromatic rings. The van der Waals surface area contributed by atoms with Crippen LogP contribution in [0, 0.1) is 11.8 Å². The second-order valence-corrected chi connectivity index (χ2v) is 11.9. The molecule has 0 spiro atoms. The maximum absolute atomic E-state index is 14.7. The van der Waals surface area contributed by atoms with E-state index in [1.54, 1.807) is 13.8 Å². The molecule has 48 heavy (non-hydrogen) atoms. The Hall–Kier alpha value is -3.97. The van der Waals surface area contributed by atoms with Crippen molar-refractivity contribution in [1.82, 2.24) is 0 Å². The number of esters is 2. The lowest BCUT2D eigenvalue weighted by Crippen LogP contribution is -2.53. The predicted molar refractivity (Wildman–Crippen MR) is 162 cm³/mol. The van der Waals surface area contributed by atoms with Crippen LogP contribution >= 0.6 is 0 Å². The van der Waals surface area contributed by atoms with E-state index < -0.39 is 77.0 Å². The van der Waals surface area contributed by atoms with Crippen LogP contribution in [-0.4, -0.2) is 56.5 Å². The van der Waals surface area contributed by atoms with Crippen LogP contribution in [0.15, 0.2) is 84.5 Å². The number of hydrogen-bond acceptors (Lipinski definition) is 7. The molecular formula is C35H38F6O7. The second-order valence-electron chi connectivity index (χ2n) is 11.9. The predicted octanol–water partition coefficient (Wildman–Crippen LogP) is 7.55. The summed E-state index contributed by atoms with van der Waals surface area (Å²) in [4.78, 5) is 40.3. The molecule has 262 valence electrons. The zero-order chi connectivity index (χ0) is 36.1. The SMILES string of the molecule is C=C1CC[C@@H](C(C)C)[C@@H](OC(=O)[C@](OC)(c2ccccc2)C(F)(F)F)/C=C(\C)[C@H](OC(=O)[C@](OC)(c2ccccc2)C(F)(F)F)CC1=O. The molecule has 0 amide bonds. The van der Waals surface area contributed by atoms with E-state index in [4.69, 9.17) is 18.9 Å². The van der Waals surface area contributed by atoms with Crippen molar-refractivity contribution in [2.24, 2.45) is 11.8 Å². The molecule has 0 bridgehead atoms. The normalized spacial score (nSPS) is 23.3. The van der Waals surface area contributed by atoms with Gasteiger partial charge in [-0.2, -0.15) is 26.3 Å². The Morgan fingerprint density at radius 1 is 0.792 bits per heavy atom. The number of carbonyl (C=O) groups is 3. The summed E-state index contributed by atoms with van der Waals surface area (Å²) in [5.74, 6) is -5.33. The highest BCUT2D eigenvalue weighted by Crippen LogP contribution is 2.45. The van der Waals surface area contributed by atoms with Crippen LogP contribution < -0.4 is 0 Å². The number of benzene rings is 2. The summed E-state index contributed by atoms with van der Waals surface area (Å²) in [7, 11) is 1.40. The minimum absolute atomic E-state index is 0.0191. The number of halogens is 6. The summed E-state index contributed by atoms with van der Waals surface area (Å²) in [6.45, 7) is 8.53. The average molecular weight is 685 g/mol. The number of Topliss-reactive ketones (excluding diaryl/α,β-unsaturated/α-hetero) is 1. The van der Waals surface area contributed by atoms with E-state index in [2.05, 4.69) is 6.58 Å². The van der Waals surface area contributed by atoms with Crippen molar-refractivity contribution in [3.05, 3.63) is 95.6 Å². The first kappa shape index (κ1) is 38.5. The summed E-state index contributed by atoms with van der Waals surface area (Å²) in [6.07, 6.45) is -13.0. The van der Waals surface area contributed by atoms with E-state index in [9.17, 15) is 40.7 Å². The summed E-state index contributed by atoms with van der Waals surface area (Å²) in [6, 6.07) is 12.2. The van der Waals surface area contributed by atoms with Crippen molar-refractivity contribution in [3.63, 3.8) is 0 Å². The number of allylic oxidation sites excluding steroid dienone is 1. The lowest BCUT2D eigenvalue weighted by Gasteiger charge is -2.37. The van der Waals surface area contributed by atoms with Crippen LogP contribution in [0.4, 0.5) is 26.3 Å². The van der Waals surface area contributed by atoms with Gasteiger partial charge in [-0.05, 0) is 42.9 Å². The first-order chi connectivity index (χ1) is 22.4. The van der Waals surface area contributed by atoms with Crippen LogP contribution in [0.5, 0.6) is 0 Å². The molecule has 0 fully saturated rings. The van der Waals surface area contributed by atoms with Crippen molar-refractivity contribution in [2.75, 3.05) is 14.2 Å². The molecular weight excluding hydrogens is 646 g/mol. The van der Waals surface area contributed by atoms with Crippen LogP contribution in [0.25, 0.3) is 0 Å². The van der Waals surface area contributed by atoms with Gasteiger partial charge >= 0.3 is 24.3 Å². The van der Waals surface area contributed by atoms with E-state index in [1.807, 2.05) is 0 Å². The number of ketones is 1. The standard InChI is InChI=1S/C35H38F6O7/c1-21(2)26-18-17-22(3)27(42)20-28(47-30(43)32(45-5,34(36,37)38)24-13-9-7-10-14-24)23(4)19-29(26)48-31(44)33(46-6,35(39,40)41)25-15-11-8-12-16-25/h7-16,19,21,26,28-29H,3,17-18,20H2,1-2,4-6H3/b23-19+/t26-,28+,29-,32+,33+/m0/s1. The molecule has 2 aromatic carbocycles. The second kappa shape index (κ2) is 15.1. The van der Waals surface area contributed by atoms with Gasteiger partial charge in [-0.15, -0.1) is 0 Å². The van der Waals surface area contributed by atoms with E-state index >= 15 is 0 Å². The molecule has 0 saturated carbocycles. The van der Waals surface area contributed by atoms with E-state index in [1.165, 1.54) is 49.4 Å². The van der Waals surface area contributed by atoms with Crippen LogP contribution in [-0.2, 0) is 44.5 Å². The number of ether oxygens (including phenoxy) is 4. The van der Waals surface area contributed by atoms with Gasteiger partial charge in [0.15, 0.2) is 5.78 Å². The molecule has 1 aliphatic carbocycles. The summed E-state index contributed by atoms with van der Waals surface area (Å²) < 4.78 is 109. The van der Waals surface area contributed by atoms with Crippen molar-refractivity contribution < 1.29 is 59.7 Å². The Bertz CT molecular complexity index is 1490. The quantitative estimate of drug-likeness (QED) is 0.117. The molecule has 13 heteroatoms. The fourth-order valence-corrected chi connectivity index (χ4v) is 5.77. The highest BCUT2D eigenvalue weighted by Gasteiger charge is 2.65. The first-order valence-electron chi connectivity index (χ1n) is 15.0. The van der Waals surface area contributed by atoms with Gasteiger partial charge in [0.05, 0.1) is 6.42 Å². The maximum Gasteiger partial charge on any atom is 0.432 e. The van der Waals surface area contributed by atoms with Crippen molar-refractivity contribution in [3.8, 4) is 0 Å². The molecule has 3 rings (SSSR count). The topological polar surface area (TPSA) is 88.1 Å². The summed E-state index contributed by atoms with van der Waals surface area (Å²) >= 11 is 0. The highest BCUT2D eigenvalue weighted by molar-refractivity contribution is 5.95. The third-order valence-electron chi connectivity index (χ3n) is 8.60. The molecule has 0 heterocycles. The lowest BCUT2D eigenvalue weighted by atomic mass is 9.81. The minimum Gasteiger partial charge on any atom is -0.455 e. The van der Waals surface area contributed by atoms with Crippen molar-refractivity contribution in [1.29, 1.82) is 0 Å². The molecule has 0 unspecified atom stereocenters. The lowest BCUT2D eigenvalue weighted by molar-refractivity contribution is -0.279. The van der Waals surface area contributed by atoms with Gasteiger partial charge in [-0.1, -0.05) is 81.1 Å². The molecule has 0 aromatic heterocycles. The summed E-state index contributed by atoms with van der Waals surface area (Å²) in [5.41, 5.74) is -8.25. The molecule has 0 N–H and O–H groups in total. The Labute approximate surface area is 274 Å². The highest BCUT2D eigenvalue weighted by atomic mass is 19.4. The Morgan fingerprint density at radius 3 is 1.62 bits per heavy atom. The summed E-state index contributed by atoms with van der Waals surface area (Å²) in [5, 5.41) is 0. The fraction of sp³-hybridized carbons (Fsp3) is 0.457.